The molecule has 1 aliphatic carbocycles. The van der Waals surface area contributed by atoms with Crippen LogP contribution in [0.15, 0.2) is 77.7 Å². The van der Waals surface area contributed by atoms with E-state index >= 15 is 0 Å². The van der Waals surface area contributed by atoms with Gasteiger partial charge in [0, 0.05) is 6.20 Å². The van der Waals surface area contributed by atoms with Crippen LogP contribution in [0.5, 0.6) is 11.5 Å². The topological polar surface area (TPSA) is 225 Å². The summed E-state index contributed by atoms with van der Waals surface area (Å²) < 4.78 is 56.3. The lowest BCUT2D eigenvalue weighted by Crippen LogP contribution is -2.44. The number of nitrogen functional groups attached to an aromatic ring is 1. The number of nitriles is 1. The van der Waals surface area contributed by atoms with Crippen molar-refractivity contribution in [1.82, 2.24) is 20.0 Å². The Hall–Kier alpha value is -4.82. The molecule has 10 atom stereocenters. The molecule has 1 saturated carbocycles. The number of hydrogen-bond acceptors (Lipinski definition) is 15. The van der Waals surface area contributed by atoms with Gasteiger partial charge in [-0.3, -0.25) is 24.0 Å². The Balaban J connectivity index is 1.48. The second-order valence-corrected chi connectivity index (χ2v) is 14.0. The molecule has 3 aromatic rings. The van der Waals surface area contributed by atoms with E-state index < -0.39 is 79.6 Å². The van der Waals surface area contributed by atoms with Gasteiger partial charge in [-0.2, -0.15) is 15.3 Å². The molecular formula is C34H41N6O11P. The van der Waals surface area contributed by atoms with Gasteiger partial charge in [-0.1, -0.05) is 36.4 Å². The van der Waals surface area contributed by atoms with Crippen LogP contribution in [0.4, 0.5) is 5.82 Å². The first-order chi connectivity index (χ1) is 24.8. The molecule has 278 valence electrons. The van der Waals surface area contributed by atoms with Crippen molar-refractivity contribution in [2.45, 2.75) is 69.5 Å². The van der Waals surface area contributed by atoms with Crippen LogP contribution in [0.1, 0.15) is 27.0 Å². The van der Waals surface area contributed by atoms with E-state index in [1.54, 1.807) is 37.3 Å². The summed E-state index contributed by atoms with van der Waals surface area (Å²) in [6.07, 6.45) is -3.84. The van der Waals surface area contributed by atoms with E-state index in [0.29, 0.717) is 5.75 Å². The Morgan fingerprint density at radius 2 is 1.63 bits per heavy atom. The van der Waals surface area contributed by atoms with Crippen molar-refractivity contribution in [2.75, 3.05) is 26.6 Å². The largest absolute Gasteiger partial charge is 0.486 e. The number of esters is 2. The quantitative estimate of drug-likeness (QED) is 0.142. The lowest BCUT2D eigenvalue weighted by molar-refractivity contribution is -0.143. The number of hydrogen-bond donors (Lipinski definition) is 3. The van der Waals surface area contributed by atoms with Crippen LogP contribution in [0.3, 0.4) is 0 Å². The summed E-state index contributed by atoms with van der Waals surface area (Å²) in [6.45, 7) is 4.22. The fourth-order valence-corrected chi connectivity index (χ4v) is 7.57. The summed E-state index contributed by atoms with van der Waals surface area (Å²) in [5.41, 5.74) is 3.17. The fraction of sp³-hybridized carbons (Fsp3) is 0.441. The number of nitrogens with two attached hydrogens (primary N) is 1. The van der Waals surface area contributed by atoms with Crippen LogP contribution in [-0.2, 0) is 37.6 Å². The molecular weight excluding hydrogens is 699 g/mol. The van der Waals surface area contributed by atoms with Crippen LogP contribution in [0.2, 0.25) is 0 Å². The molecule has 2 aliphatic rings. The Morgan fingerprint density at radius 3 is 2.23 bits per heavy atom. The molecule has 2 fully saturated rings. The molecule has 4 N–H and O–H groups in total. The van der Waals surface area contributed by atoms with Gasteiger partial charge >= 0.3 is 25.4 Å². The van der Waals surface area contributed by atoms with Crippen LogP contribution >= 0.6 is 7.75 Å². The number of para-hydroxylation sites is 2. The zero-order valence-electron chi connectivity index (χ0n) is 29.1. The summed E-state index contributed by atoms with van der Waals surface area (Å²) >= 11 is 0. The van der Waals surface area contributed by atoms with Crippen molar-refractivity contribution < 1.29 is 46.9 Å². The number of anilines is 1. The predicted octanol–water partition coefficient (Wildman–Crippen LogP) is 2.34. The SMILES string of the molecule is COC(=O)[C@H](C)NC1C(OC[C@H]2O[C@@H](n3ccc(N)nc3=O)[C@](C)(C#N)[C@@H]2OP(=O)(N[C@@H](C)C(=O)OC)Oc2ccccc2)C1Oc1ccccc1. The van der Waals surface area contributed by atoms with Gasteiger partial charge in [-0.15, -0.1) is 0 Å². The highest BCUT2D eigenvalue weighted by molar-refractivity contribution is 7.52. The predicted molar refractivity (Wildman–Crippen MR) is 184 cm³/mol. The number of ether oxygens (including phenoxy) is 5. The monoisotopic (exact) mass is 740 g/mol. The first-order valence-corrected chi connectivity index (χ1v) is 17.8. The third kappa shape index (κ3) is 8.61. The number of nitrogens with zero attached hydrogens (tertiary/aromatic N) is 3. The van der Waals surface area contributed by atoms with Crippen LogP contribution in [-0.4, -0.2) is 84.9 Å². The van der Waals surface area contributed by atoms with Gasteiger partial charge in [0.1, 0.15) is 59.2 Å². The Bertz CT molecular complexity index is 1860. The summed E-state index contributed by atoms with van der Waals surface area (Å²) in [5.74, 6) is -0.614. The third-order valence-corrected chi connectivity index (χ3v) is 10.2. The smallest absolute Gasteiger partial charge is 0.459 e. The molecule has 1 aromatic heterocycles. The van der Waals surface area contributed by atoms with E-state index in [0.717, 1.165) is 4.57 Å². The average Bonchev–Trinajstić information content (AvgIpc) is 3.70. The number of nitrogens with one attached hydrogen (secondary N) is 2. The van der Waals surface area contributed by atoms with Crippen molar-refractivity contribution in [3.05, 3.63) is 83.4 Å². The van der Waals surface area contributed by atoms with Gasteiger partial charge in [0.15, 0.2) is 6.23 Å². The van der Waals surface area contributed by atoms with Crippen LogP contribution in [0, 0.1) is 16.7 Å². The van der Waals surface area contributed by atoms with Crippen molar-refractivity contribution in [1.29, 1.82) is 5.26 Å². The van der Waals surface area contributed by atoms with Gasteiger partial charge in [0.05, 0.1) is 32.9 Å². The Morgan fingerprint density at radius 1 is 1.02 bits per heavy atom. The fourth-order valence-electron chi connectivity index (χ4n) is 5.78. The van der Waals surface area contributed by atoms with E-state index in [-0.39, 0.29) is 18.2 Å². The minimum atomic E-state index is -4.57. The molecule has 52 heavy (non-hydrogen) atoms. The number of methoxy groups -OCH3 is 2. The molecule has 0 bridgehead atoms. The normalized spacial score (nSPS) is 27.3. The maximum absolute atomic E-state index is 14.6. The summed E-state index contributed by atoms with van der Waals surface area (Å²) in [6, 6.07) is 18.2. The molecule has 2 aromatic carbocycles. The zero-order valence-corrected chi connectivity index (χ0v) is 30.0. The van der Waals surface area contributed by atoms with E-state index in [4.69, 9.17) is 38.5 Å². The van der Waals surface area contributed by atoms with Gasteiger partial charge in [-0.05, 0) is 51.1 Å². The molecule has 1 saturated heterocycles. The maximum atomic E-state index is 14.6. The number of aromatic nitrogens is 2. The highest BCUT2D eigenvalue weighted by Crippen LogP contribution is 2.55. The highest BCUT2D eigenvalue weighted by atomic mass is 31.2. The minimum absolute atomic E-state index is 0.0507. The number of benzene rings is 2. The van der Waals surface area contributed by atoms with Gasteiger partial charge < -0.3 is 33.9 Å². The summed E-state index contributed by atoms with van der Waals surface area (Å²) in [7, 11) is -2.12. The molecule has 0 amide bonds. The van der Waals surface area contributed by atoms with Crippen LogP contribution < -0.4 is 31.1 Å². The van der Waals surface area contributed by atoms with E-state index in [1.165, 1.54) is 52.5 Å². The maximum Gasteiger partial charge on any atom is 0.459 e. The molecule has 2 heterocycles. The van der Waals surface area contributed by atoms with E-state index in [2.05, 4.69) is 21.5 Å². The lowest BCUT2D eigenvalue weighted by atomic mass is 9.84. The van der Waals surface area contributed by atoms with E-state index in [1.807, 2.05) is 18.2 Å². The summed E-state index contributed by atoms with van der Waals surface area (Å²) in [4.78, 5) is 41.5. The zero-order chi connectivity index (χ0) is 37.6. The minimum Gasteiger partial charge on any atom is -0.486 e. The molecule has 0 radical (unpaired) electrons. The second-order valence-electron chi connectivity index (χ2n) is 12.4. The van der Waals surface area contributed by atoms with Gasteiger partial charge in [0.25, 0.3) is 0 Å². The Kier molecular flexibility index (Phi) is 12.0. The molecule has 18 heteroatoms. The lowest BCUT2D eigenvalue weighted by Gasteiger charge is -2.32. The first kappa shape index (κ1) is 38.4. The molecule has 17 nitrogen and oxygen atoms in total. The first-order valence-electron chi connectivity index (χ1n) is 16.3. The van der Waals surface area contributed by atoms with Gasteiger partial charge in [0.2, 0.25) is 0 Å². The number of carbonyl (C=O) groups excluding carboxylic acids is 2. The van der Waals surface area contributed by atoms with Crippen molar-refractivity contribution in [2.24, 2.45) is 5.41 Å². The molecule has 1 aliphatic heterocycles. The summed E-state index contributed by atoms with van der Waals surface area (Å²) in [5, 5.41) is 16.4. The second kappa shape index (κ2) is 16.2. The molecule has 4 unspecified atom stereocenters. The van der Waals surface area contributed by atoms with E-state index in [9.17, 15) is 24.2 Å². The Labute approximate surface area is 299 Å². The standard InChI is InChI=1S/C34H41N6O11P/c1-20(30(41)45-4)37-26-27(28(26)48-22-12-8-6-9-13-22)47-18-24-29(34(3,19-35)32(49-24)40-17-16-25(36)38-33(40)43)51-52(44,39-21(2)31(42)46-5)50-23-14-10-7-11-15-23/h6-17,20-21,24,26-29,32,37H,18H2,1-5H3,(H,39,44)(H2,36,38,43)/t20-,21-,24+,26?,27?,28?,29+,32+,34+,52?/m0/s1. The number of rotatable bonds is 16. The van der Waals surface area contributed by atoms with Crippen LogP contribution in [0.25, 0.3) is 0 Å². The average molecular weight is 741 g/mol. The van der Waals surface area contributed by atoms with Crippen molar-refractivity contribution >= 4 is 25.5 Å². The highest BCUT2D eigenvalue weighted by Gasteiger charge is 2.61. The third-order valence-electron chi connectivity index (χ3n) is 8.57. The molecule has 0 spiro atoms. The van der Waals surface area contributed by atoms with Gasteiger partial charge in [-0.25, -0.2) is 9.36 Å². The molecule has 5 rings (SSSR count). The van der Waals surface area contributed by atoms with Crippen molar-refractivity contribution in [3.8, 4) is 17.6 Å². The number of carbonyl (C=O) groups is 2. The van der Waals surface area contributed by atoms with Crippen molar-refractivity contribution in [3.63, 3.8) is 0 Å².